The molecule has 34 heavy (non-hydrogen) atoms. The molecule has 0 saturated carbocycles. The number of nitrogens with one attached hydrogen (secondary N) is 1. The molecule has 4 aliphatic heterocycles. The summed E-state index contributed by atoms with van der Waals surface area (Å²) in [6, 6.07) is 11.2. The molecule has 4 aliphatic rings. The lowest BCUT2D eigenvalue weighted by atomic mass is 9.75. The highest BCUT2D eigenvalue weighted by molar-refractivity contribution is 6.31. The molecule has 174 valence electrons. The minimum Gasteiger partial charge on any atom is -0.462 e. The monoisotopic (exact) mass is 479 g/mol. The van der Waals surface area contributed by atoms with Gasteiger partial charge in [0.05, 0.1) is 29.7 Å². The summed E-state index contributed by atoms with van der Waals surface area (Å²) in [6.07, 6.45) is 1.58. The summed E-state index contributed by atoms with van der Waals surface area (Å²) in [5.41, 5.74) is 0.727. The van der Waals surface area contributed by atoms with Gasteiger partial charge in [-0.2, -0.15) is 0 Å². The van der Waals surface area contributed by atoms with E-state index in [9.17, 15) is 19.2 Å². The van der Waals surface area contributed by atoms with E-state index in [2.05, 4.69) is 10.2 Å². The fourth-order valence-electron chi connectivity index (χ4n) is 6.39. The maximum absolute atomic E-state index is 13.9. The van der Waals surface area contributed by atoms with Gasteiger partial charge in [0.25, 0.3) is 0 Å². The van der Waals surface area contributed by atoms with Crippen LogP contribution in [0.2, 0.25) is 5.02 Å². The molecular formula is C25H22ClN3O5. The van der Waals surface area contributed by atoms with Gasteiger partial charge >= 0.3 is 5.97 Å². The normalized spacial score (nSPS) is 29.4. The van der Waals surface area contributed by atoms with E-state index >= 15 is 0 Å². The van der Waals surface area contributed by atoms with E-state index in [1.165, 1.54) is 17.0 Å². The Kier molecular flexibility index (Phi) is 4.63. The van der Waals surface area contributed by atoms with E-state index in [1.54, 1.807) is 37.3 Å². The van der Waals surface area contributed by atoms with E-state index in [4.69, 9.17) is 16.3 Å². The molecule has 0 unspecified atom stereocenters. The maximum Gasteiger partial charge on any atom is 0.338 e. The first-order valence-corrected chi connectivity index (χ1v) is 11.8. The summed E-state index contributed by atoms with van der Waals surface area (Å²) in [5.74, 6) is -2.95. The number of carbonyl (C=O) groups is 4. The second kappa shape index (κ2) is 7.38. The van der Waals surface area contributed by atoms with Crippen LogP contribution in [0, 0.1) is 11.8 Å². The molecule has 6 rings (SSSR count). The third kappa shape index (κ3) is 2.58. The molecule has 3 saturated heterocycles. The van der Waals surface area contributed by atoms with Gasteiger partial charge in [-0.1, -0.05) is 11.6 Å². The van der Waals surface area contributed by atoms with Crippen molar-refractivity contribution in [1.29, 1.82) is 0 Å². The van der Waals surface area contributed by atoms with Crippen LogP contribution in [-0.4, -0.2) is 47.8 Å². The Bertz CT molecular complexity index is 1260. The van der Waals surface area contributed by atoms with Crippen molar-refractivity contribution in [2.24, 2.45) is 11.8 Å². The number of carbonyl (C=O) groups excluding carboxylic acids is 4. The first kappa shape index (κ1) is 21.3. The molecule has 1 N–H and O–H groups in total. The number of esters is 1. The van der Waals surface area contributed by atoms with Gasteiger partial charge in [0.2, 0.25) is 17.7 Å². The molecule has 2 aromatic carbocycles. The number of ether oxygens (including phenoxy) is 1. The standard InChI is InChI=1S/C25H22ClN3O5/c1-2-34-23(32)13-5-8-15(9-6-13)29-21(30)19-18-4-3-11-28(18)25(20(19)22(29)31)16-12-14(26)7-10-17(16)27-24(25)33/h5-10,12,18-20H,2-4,11H2,1H3,(H,27,33)/t18-,19-,20-,25+/m0/s1. The lowest BCUT2D eigenvalue weighted by molar-refractivity contribution is -0.135. The Morgan fingerprint density at radius 2 is 1.91 bits per heavy atom. The zero-order valence-electron chi connectivity index (χ0n) is 18.4. The molecule has 4 atom stereocenters. The minimum atomic E-state index is -1.27. The highest BCUT2D eigenvalue weighted by Gasteiger charge is 2.74. The van der Waals surface area contributed by atoms with Crippen LogP contribution in [0.1, 0.15) is 35.7 Å². The zero-order valence-corrected chi connectivity index (χ0v) is 19.2. The quantitative estimate of drug-likeness (QED) is 0.537. The molecule has 9 heteroatoms. The number of benzene rings is 2. The lowest BCUT2D eigenvalue weighted by Crippen LogP contribution is -2.54. The molecule has 3 fully saturated rings. The fraction of sp³-hybridized carbons (Fsp3) is 0.360. The smallest absolute Gasteiger partial charge is 0.338 e. The van der Waals surface area contributed by atoms with Crippen molar-refractivity contribution in [2.75, 3.05) is 23.4 Å². The van der Waals surface area contributed by atoms with Crippen LogP contribution in [0.3, 0.4) is 0 Å². The van der Waals surface area contributed by atoms with Crippen LogP contribution in [0.25, 0.3) is 0 Å². The second-order valence-corrected chi connectivity index (χ2v) is 9.53. The Labute approximate surface area is 200 Å². The topological polar surface area (TPSA) is 96.0 Å². The summed E-state index contributed by atoms with van der Waals surface area (Å²) in [6.45, 7) is 2.60. The first-order valence-electron chi connectivity index (χ1n) is 11.4. The highest BCUT2D eigenvalue weighted by atomic mass is 35.5. The van der Waals surface area contributed by atoms with E-state index in [-0.39, 0.29) is 24.5 Å². The number of rotatable bonds is 3. The van der Waals surface area contributed by atoms with E-state index in [0.29, 0.717) is 34.1 Å². The molecular weight excluding hydrogens is 458 g/mol. The number of hydrogen-bond acceptors (Lipinski definition) is 6. The number of nitrogens with zero attached hydrogens (tertiary/aromatic N) is 2. The van der Waals surface area contributed by atoms with Gasteiger partial charge in [-0.15, -0.1) is 0 Å². The highest BCUT2D eigenvalue weighted by Crippen LogP contribution is 2.60. The SMILES string of the molecule is CCOC(=O)c1ccc(N2C(=O)[C@@H]3[C@@H](C2=O)[C@]2(C(=O)Nc4ccc(Cl)cc42)N2CCC[C@@H]32)cc1. The van der Waals surface area contributed by atoms with Crippen molar-refractivity contribution < 1.29 is 23.9 Å². The van der Waals surface area contributed by atoms with Crippen molar-refractivity contribution in [3.05, 3.63) is 58.6 Å². The summed E-state index contributed by atoms with van der Waals surface area (Å²) in [7, 11) is 0. The fourth-order valence-corrected chi connectivity index (χ4v) is 6.56. The maximum atomic E-state index is 13.9. The van der Waals surface area contributed by atoms with Gasteiger partial charge in [-0.3, -0.25) is 19.3 Å². The Balaban J connectivity index is 1.45. The molecule has 0 aliphatic carbocycles. The molecule has 8 nitrogen and oxygen atoms in total. The van der Waals surface area contributed by atoms with Crippen LogP contribution >= 0.6 is 11.6 Å². The summed E-state index contributed by atoms with van der Waals surface area (Å²) < 4.78 is 5.01. The molecule has 0 radical (unpaired) electrons. The number of halogens is 1. The van der Waals surface area contributed by atoms with Crippen LogP contribution in [-0.2, 0) is 24.7 Å². The summed E-state index contributed by atoms with van der Waals surface area (Å²) >= 11 is 6.31. The molecule has 1 spiro atoms. The van der Waals surface area contributed by atoms with Crippen molar-refractivity contribution >= 4 is 46.7 Å². The van der Waals surface area contributed by atoms with E-state index in [1.807, 2.05) is 0 Å². The van der Waals surface area contributed by atoms with Gasteiger partial charge in [0.15, 0.2) is 0 Å². The number of hydrogen-bond donors (Lipinski definition) is 1. The number of anilines is 2. The molecule has 4 heterocycles. The summed E-state index contributed by atoms with van der Waals surface area (Å²) in [5, 5.41) is 3.40. The van der Waals surface area contributed by atoms with Gasteiger partial charge in [0, 0.05) is 22.3 Å². The van der Waals surface area contributed by atoms with Gasteiger partial charge in [0.1, 0.15) is 5.54 Å². The van der Waals surface area contributed by atoms with Crippen molar-refractivity contribution in [3.63, 3.8) is 0 Å². The van der Waals surface area contributed by atoms with Gasteiger partial charge in [-0.25, -0.2) is 9.69 Å². The Hall–Kier alpha value is -3.23. The van der Waals surface area contributed by atoms with E-state index in [0.717, 1.165) is 12.8 Å². The zero-order chi connectivity index (χ0) is 23.8. The average molecular weight is 480 g/mol. The number of amides is 3. The van der Waals surface area contributed by atoms with E-state index < -0.39 is 29.3 Å². The number of imide groups is 1. The van der Waals surface area contributed by atoms with Crippen LogP contribution in [0.4, 0.5) is 11.4 Å². The van der Waals surface area contributed by atoms with Crippen LogP contribution < -0.4 is 10.2 Å². The molecule has 3 amide bonds. The summed E-state index contributed by atoms with van der Waals surface area (Å²) in [4.78, 5) is 56.5. The molecule has 2 aromatic rings. The second-order valence-electron chi connectivity index (χ2n) is 9.10. The Morgan fingerprint density at radius 1 is 1.15 bits per heavy atom. The van der Waals surface area contributed by atoms with Gasteiger partial charge in [-0.05, 0) is 68.8 Å². The van der Waals surface area contributed by atoms with Gasteiger partial charge < -0.3 is 10.1 Å². The van der Waals surface area contributed by atoms with Crippen molar-refractivity contribution in [3.8, 4) is 0 Å². The van der Waals surface area contributed by atoms with Crippen LogP contribution in [0.5, 0.6) is 0 Å². The first-order chi connectivity index (χ1) is 16.4. The Morgan fingerprint density at radius 3 is 2.65 bits per heavy atom. The third-order valence-electron chi connectivity index (χ3n) is 7.59. The van der Waals surface area contributed by atoms with Crippen LogP contribution in [0.15, 0.2) is 42.5 Å². The predicted octanol–water partition coefficient (Wildman–Crippen LogP) is 2.95. The number of fused-ring (bicyclic) bond motifs is 7. The third-order valence-corrected chi connectivity index (χ3v) is 7.83. The molecule has 0 aromatic heterocycles. The molecule has 0 bridgehead atoms. The van der Waals surface area contributed by atoms with Crippen molar-refractivity contribution in [1.82, 2.24) is 4.90 Å². The predicted molar refractivity (Wildman–Crippen MR) is 123 cm³/mol. The van der Waals surface area contributed by atoms with Crippen molar-refractivity contribution in [2.45, 2.75) is 31.3 Å². The lowest BCUT2D eigenvalue weighted by Gasteiger charge is -2.36. The minimum absolute atomic E-state index is 0.207. The largest absolute Gasteiger partial charge is 0.462 e. The average Bonchev–Trinajstić information content (AvgIpc) is 3.53.